The first kappa shape index (κ1) is 16.9. The van der Waals surface area contributed by atoms with Gasteiger partial charge in [-0.25, -0.2) is 0 Å². The van der Waals surface area contributed by atoms with Crippen molar-refractivity contribution in [3.63, 3.8) is 0 Å². The highest BCUT2D eigenvalue weighted by Gasteiger charge is 2.39. The van der Waals surface area contributed by atoms with Gasteiger partial charge >= 0.3 is 0 Å². The van der Waals surface area contributed by atoms with Crippen LogP contribution < -0.4 is 5.32 Å². The van der Waals surface area contributed by atoms with Crippen LogP contribution in [-0.2, 0) is 19.0 Å². The summed E-state index contributed by atoms with van der Waals surface area (Å²) in [4.78, 5) is 12.0. The smallest absolute Gasteiger partial charge is 0.229 e. The molecule has 0 bridgehead atoms. The zero-order chi connectivity index (χ0) is 15.4. The molecule has 2 atom stereocenters. The van der Waals surface area contributed by atoms with Gasteiger partial charge in [0.15, 0.2) is 0 Å². The molecule has 2 unspecified atom stereocenters. The molecule has 0 saturated carbocycles. The average Bonchev–Trinajstić information content (AvgIpc) is 2.39. The van der Waals surface area contributed by atoms with E-state index >= 15 is 0 Å². The van der Waals surface area contributed by atoms with Crippen LogP contribution >= 0.6 is 0 Å². The summed E-state index contributed by atoms with van der Waals surface area (Å²) in [6.45, 7) is 7.98. The van der Waals surface area contributed by atoms with E-state index in [1.807, 2.05) is 27.7 Å². The second-order valence-corrected chi connectivity index (χ2v) is 5.67. The minimum absolute atomic E-state index is 0.0513. The fraction of sp³-hybridized carbons (Fsp3) is 0.667. The van der Waals surface area contributed by atoms with Crippen molar-refractivity contribution in [1.82, 2.24) is 5.32 Å². The molecule has 0 heterocycles. The molecule has 0 aliphatic heterocycles. The van der Waals surface area contributed by atoms with Crippen molar-refractivity contribution >= 4 is 5.91 Å². The molecule has 1 N–H and O–H groups in total. The lowest BCUT2D eigenvalue weighted by molar-refractivity contribution is -0.233. The Kier molecular flexibility index (Phi) is 5.50. The van der Waals surface area contributed by atoms with E-state index in [-0.39, 0.29) is 5.91 Å². The molecular weight excluding hydrogens is 258 g/mol. The second kappa shape index (κ2) is 6.52. The zero-order valence-corrected chi connectivity index (χ0v) is 13.1. The van der Waals surface area contributed by atoms with E-state index in [0.717, 1.165) is 0 Å². The Morgan fingerprint density at radius 1 is 1.40 bits per heavy atom. The summed E-state index contributed by atoms with van der Waals surface area (Å²) in [7, 11) is 3.15. The predicted molar refractivity (Wildman–Crippen MR) is 77.0 cm³/mol. The van der Waals surface area contributed by atoms with Gasteiger partial charge < -0.3 is 19.5 Å². The minimum Gasteiger partial charge on any atom is -0.371 e. The standard InChI is InChI=1S/C15H25NO4/c1-7-20-15(19-6)9-8-11(10-12(15)18-5)16-13(17)14(2,3)4/h8-10,12H,7H2,1-6H3,(H,16,17). The van der Waals surface area contributed by atoms with E-state index in [0.29, 0.717) is 12.3 Å². The van der Waals surface area contributed by atoms with Crippen LogP contribution in [-0.4, -0.2) is 38.6 Å². The highest BCUT2D eigenvalue weighted by molar-refractivity contribution is 5.83. The van der Waals surface area contributed by atoms with Crippen LogP contribution in [0.3, 0.4) is 0 Å². The van der Waals surface area contributed by atoms with E-state index < -0.39 is 17.3 Å². The number of carbonyl (C=O) groups is 1. The Balaban J connectivity index is 2.90. The molecule has 0 spiro atoms. The average molecular weight is 283 g/mol. The first-order valence-electron chi connectivity index (χ1n) is 6.73. The Morgan fingerprint density at radius 2 is 2.05 bits per heavy atom. The Bertz CT molecular complexity index is 409. The number of nitrogens with one attached hydrogen (secondary N) is 1. The maximum atomic E-state index is 12.0. The van der Waals surface area contributed by atoms with Crippen molar-refractivity contribution in [1.29, 1.82) is 0 Å². The van der Waals surface area contributed by atoms with Gasteiger partial charge in [0.25, 0.3) is 0 Å². The van der Waals surface area contributed by atoms with Gasteiger partial charge in [-0.1, -0.05) is 20.8 Å². The topological polar surface area (TPSA) is 56.8 Å². The summed E-state index contributed by atoms with van der Waals surface area (Å²) in [5.74, 6) is -0.996. The normalized spacial score (nSPS) is 26.3. The quantitative estimate of drug-likeness (QED) is 0.784. The fourth-order valence-electron chi connectivity index (χ4n) is 1.87. The maximum Gasteiger partial charge on any atom is 0.229 e. The highest BCUT2D eigenvalue weighted by Crippen LogP contribution is 2.28. The first-order valence-corrected chi connectivity index (χ1v) is 6.73. The summed E-state index contributed by atoms with van der Waals surface area (Å²) in [6, 6.07) is 0. The van der Waals surface area contributed by atoms with Crippen LogP contribution in [0.15, 0.2) is 23.9 Å². The molecule has 0 aromatic carbocycles. The summed E-state index contributed by atoms with van der Waals surface area (Å²) in [5, 5.41) is 2.87. The van der Waals surface area contributed by atoms with E-state index in [4.69, 9.17) is 14.2 Å². The van der Waals surface area contributed by atoms with Crippen molar-refractivity contribution in [3.05, 3.63) is 23.9 Å². The monoisotopic (exact) mass is 283 g/mol. The molecule has 114 valence electrons. The Morgan fingerprint density at radius 3 is 2.50 bits per heavy atom. The molecule has 20 heavy (non-hydrogen) atoms. The Labute approximate surface area is 121 Å². The van der Waals surface area contributed by atoms with Gasteiger partial charge in [-0.3, -0.25) is 4.79 Å². The summed E-state index contributed by atoms with van der Waals surface area (Å²) in [5.41, 5.74) is 0.233. The van der Waals surface area contributed by atoms with Gasteiger partial charge in [0.2, 0.25) is 11.7 Å². The first-order chi connectivity index (χ1) is 9.29. The lowest BCUT2D eigenvalue weighted by Crippen LogP contribution is -2.48. The molecule has 5 heteroatoms. The van der Waals surface area contributed by atoms with Gasteiger partial charge in [-0.2, -0.15) is 0 Å². The second-order valence-electron chi connectivity index (χ2n) is 5.67. The minimum atomic E-state index is -0.945. The van der Waals surface area contributed by atoms with Crippen molar-refractivity contribution in [2.24, 2.45) is 5.41 Å². The molecule has 0 aromatic heterocycles. The molecule has 1 rings (SSSR count). The SMILES string of the molecule is CCOC1(OC)C=CC(NC(=O)C(C)(C)C)=CC1OC. The third-order valence-corrected chi connectivity index (χ3v) is 3.10. The molecule has 0 aromatic rings. The van der Waals surface area contributed by atoms with E-state index in [9.17, 15) is 4.79 Å². The van der Waals surface area contributed by atoms with Crippen LogP contribution in [0.5, 0.6) is 0 Å². The van der Waals surface area contributed by atoms with E-state index in [2.05, 4.69) is 5.32 Å². The maximum absolute atomic E-state index is 12.0. The number of carbonyl (C=O) groups excluding carboxylic acids is 1. The van der Waals surface area contributed by atoms with E-state index in [1.54, 1.807) is 32.4 Å². The lowest BCUT2D eigenvalue weighted by Gasteiger charge is -2.36. The number of ether oxygens (including phenoxy) is 3. The van der Waals surface area contributed by atoms with Gasteiger partial charge in [-0.05, 0) is 25.2 Å². The molecule has 0 fully saturated rings. The van der Waals surface area contributed by atoms with Crippen LogP contribution in [0.25, 0.3) is 0 Å². The summed E-state index contributed by atoms with van der Waals surface area (Å²) >= 11 is 0. The third kappa shape index (κ3) is 3.69. The van der Waals surface area contributed by atoms with Gasteiger partial charge in [0.1, 0.15) is 6.10 Å². The van der Waals surface area contributed by atoms with Crippen molar-refractivity contribution in [2.45, 2.75) is 39.6 Å². The summed E-state index contributed by atoms with van der Waals surface area (Å²) < 4.78 is 16.5. The molecular formula is C15H25NO4. The van der Waals surface area contributed by atoms with Gasteiger partial charge in [0, 0.05) is 31.9 Å². The van der Waals surface area contributed by atoms with Crippen LogP contribution in [0.1, 0.15) is 27.7 Å². The number of methoxy groups -OCH3 is 2. The third-order valence-electron chi connectivity index (χ3n) is 3.10. The zero-order valence-electron chi connectivity index (χ0n) is 13.1. The van der Waals surface area contributed by atoms with Crippen LogP contribution in [0.2, 0.25) is 0 Å². The number of hydrogen-bond donors (Lipinski definition) is 1. The van der Waals surface area contributed by atoms with Crippen LogP contribution in [0.4, 0.5) is 0 Å². The molecule has 5 nitrogen and oxygen atoms in total. The van der Waals surface area contributed by atoms with Crippen molar-refractivity contribution < 1.29 is 19.0 Å². The molecule has 0 radical (unpaired) electrons. The van der Waals surface area contributed by atoms with E-state index in [1.165, 1.54) is 0 Å². The Hall–Kier alpha value is -1.17. The van der Waals surface area contributed by atoms with Gasteiger partial charge in [0.05, 0.1) is 0 Å². The number of allylic oxidation sites excluding steroid dienone is 1. The van der Waals surface area contributed by atoms with Crippen LogP contribution in [0, 0.1) is 5.41 Å². The molecule has 1 amide bonds. The number of rotatable bonds is 5. The highest BCUT2D eigenvalue weighted by atomic mass is 16.7. The number of hydrogen-bond acceptors (Lipinski definition) is 4. The summed E-state index contributed by atoms with van der Waals surface area (Å²) in [6.07, 6.45) is 4.91. The fourth-order valence-corrected chi connectivity index (χ4v) is 1.87. The molecule has 1 aliphatic carbocycles. The lowest BCUT2D eigenvalue weighted by atomic mass is 9.95. The van der Waals surface area contributed by atoms with Gasteiger partial charge in [-0.15, -0.1) is 0 Å². The molecule has 1 aliphatic rings. The largest absolute Gasteiger partial charge is 0.371 e. The van der Waals surface area contributed by atoms with Crippen molar-refractivity contribution in [2.75, 3.05) is 20.8 Å². The van der Waals surface area contributed by atoms with Crippen molar-refractivity contribution in [3.8, 4) is 0 Å². The predicted octanol–water partition coefficient (Wildman–Crippen LogP) is 2.00. The molecule has 0 saturated heterocycles. The number of amides is 1.